The van der Waals surface area contributed by atoms with Crippen molar-refractivity contribution >= 4 is 17.5 Å². The fraction of sp³-hybridized carbons (Fsp3) is 0.636. The molecule has 1 amide bonds. The molecule has 0 aliphatic carbocycles. The Kier molecular flexibility index (Phi) is 5.73. The average Bonchev–Trinajstić information content (AvgIpc) is 2.34. The molecular weight excluding hydrogens is 226 g/mol. The Morgan fingerprint density at radius 2 is 2.12 bits per heavy atom. The monoisotopic (exact) mass is 241 g/mol. The van der Waals surface area contributed by atoms with Crippen LogP contribution >= 0.6 is 11.6 Å². The van der Waals surface area contributed by atoms with Gasteiger partial charge in [0.15, 0.2) is 0 Å². The molecular formula is C11H16ClN3O. The summed E-state index contributed by atoms with van der Waals surface area (Å²) in [5.41, 5.74) is 0.159. The third-order valence-electron chi connectivity index (χ3n) is 2.45. The van der Waals surface area contributed by atoms with E-state index in [2.05, 4.69) is 5.32 Å². The third kappa shape index (κ3) is 4.11. The summed E-state index contributed by atoms with van der Waals surface area (Å²) in [5.74, 6) is 0.0162. The minimum atomic E-state index is -0.339. The molecule has 0 saturated carbocycles. The lowest BCUT2D eigenvalue weighted by Gasteiger charge is -2.25. The number of halogens is 1. The molecule has 1 saturated heterocycles. The van der Waals surface area contributed by atoms with E-state index in [9.17, 15) is 4.79 Å². The molecule has 0 aromatic carbocycles. The summed E-state index contributed by atoms with van der Waals surface area (Å²) in [4.78, 5) is 13.5. The minimum absolute atomic E-state index is 0.159. The molecule has 0 aromatic heterocycles. The van der Waals surface area contributed by atoms with Gasteiger partial charge in [0.05, 0.1) is 0 Å². The maximum absolute atomic E-state index is 11.5. The number of carbonyl (C=O) groups is 1. The van der Waals surface area contributed by atoms with E-state index in [1.807, 2.05) is 11.0 Å². The van der Waals surface area contributed by atoms with Gasteiger partial charge in [-0.1, -0.05) is 0 Å². The number of amides is 1. The molecule has 1 N–H and O–H groups in total. The zero-order valence-corrected chi connectivity index (χ0v) is 9.96. The number of hydrogen-bond acceptors (Lipinski definition) is 3. The zero-order valence-electron chi connectivity index (χ0n) is 9.21. The van der Waals surface area contributed by atoms with E-state index in [-0.39, 0.29) is 11.5 Å². The maximum atomic E-state index is 11.5. The Morgan fingerprint density at radius 1 is 1.44 bits per heavy atom. The van der Waals surface area contributed by atoms with Crippen LogP contribution in [0, 0.1) is 11.3 Å². The smallest absolute Gasteiger partial charge is 0.263 e. The molecule has 0 spiro atoms. The van der Waals surface area contributed by atoms with Crippen LogP contribution in [0.1, 0.15) is 19.3 Å². The SMILES string of the molecule is N#C/C(=C/N1CCCCC1)C(=O)NCCCl. The Morgan fingerprint density at radius 3 is 2.69 bits per heavy atom. The Labute approximate surface area is 101 Å². The number of carbonyl (C=O) groups excluding carboxylic acids is 1. The Hall–Kier alpha value is -1.21. The predicted octanol–water partition coefficient (Wildman–Crippen LogP) is 1.23. The average molecular weight is 242 g/mol. The molecule has 1 heterocycles. The summed E-state index contributed by atoms with van der Waals surface area (Å²) in [7, 11) is 0. The van der Waals surface area contributed by atoms with E-state index in [0.717, 1.165) is 25.9 Å². The third-order valence-corrected chi connectivity index (χ3v) is 2.64. The highest BCUT2D eigenvalue weighted by atomic mass is 35.5. The second kappa shape index (κ2) is 7.13. The second-order valence-corrected chi connectivity index (χ2v) is 4.07. The number of rotatable bonds is 4. The number of nitrogens with zero attached hydrogens (tertiary/aromatic N) is 2. The first-order valence-electron chi connectivity index (χ1n) is 5.48. The molecule has 4 nitrogen and oxygen atoms in total. The van der Waals surface area contributed by atoms with E-state index in [0.29, 0.717) is 12.4 Å². The molecule has 1 fully saturated rings. The lowest BCUT2D eigenvalue weighted by molar-refractivity contribution is -0.117. The molecule has 1 rings (SSSR count). The molecule has 88 valence electrons. The van der Waals surface area contributed by atoms with Gasteiger partial charge in [-0.3, -0.25) is 4.79 Å². The summed E-state index contributed by atoms with van der Waals surface area (Å²) in [6.07, 6.45) is 5.13. The lowest BCUT2D eigenvalue weighted by atomic mass is 10.1. The Bertz CT molecular complexity index is 303. The molecule has 0 radical (unpaired) electrons. The topological polar surface area (TPSA) is 56.1 Å². The van der Waals surface area contributed by atoms with Crippen LogP contribution in [0.4, 0.5) is 0 Å². The number of nitrogens with one attached hydrogen (secondary N) is 1. The van der Waals surface area contributed by atoms with Crippen molar-refractivity contribution < 1.29 is 4.79 Å². The zero-order chi connectivity index (χ0) is 11.8. The van der Waals surface area contributed by atoms with Crippen LogP contribution < -0.4 is 5.32 Å². The first-order valence-corrected chi connectivity index (χ1v) is 6.01. The molecule has 16 heavy (non-hydrogen) atoms. The highest BCUT2D eigenvalue weighted by Gasteiger charge is 2.12. The highest BCUT2D eigenvalue weighted by molar-refractivity contribution is 6.18. The van der Waals surface area contributed by atoms with Gasteiger partial charge in [0.2, 0.25) is 0 Å². The number of alkyl halides is 1. The summed E-state index contributed by atoms with van der Waals surface area (Å²) < 4.78 is 0. The quantitative estimate of drug-likeness (QED) is 0.458. The predicted molar refractivity (Wildman–Crippen MR) is 62.8 cm³/mol. The number of hydrogen-bond donors (Lipinski definition) is 1. The van der Waals surface area contributed by atoms with Crippen LogP contribution in [0.2, 0.25) is 0 Å². The van der Waals surface area contributed by atoms with Crippen molar-refractivity contribution in [3.05, 3.63) is 11.8 Å². The molecule has 0 atom stereocenters. The van der Waals surface area contributed by atoms with Crippen molar-refractivity contribution in [2.24, 2.45) is 0 Å². The summed E-state index contributed by atoms with van der Waals surface area (Å²) in [6, 6.07) is 1.92. The molecule has 1 aliphatic rings. The second-order valence-electron chi connectivity index (χ2n) is 3.70. The minimum Gasteiger partial charge on any atom is -0.376 e. The van der Waals surface area contributed by atoms with Crippen LogP contribution in [-0.2, 0) is 4.79 Å². The van der Waals surface area contributed by atoms with Crippen molar-refractivity contribution in [1.29, 1.82) is 5.26 Å². The molecule has 5 heteroatoms. The van der Waals surface area contributed by atoms with Gasteiger partial charge in [-0.15, -0.1) is 11.6 Å². The largest absolute Gasteiger partial charge is 0.376 e. The summed E-state index contributed by atoms with van der Waals surface area (Å²) in [6.45, 7) is 2.24. The lowest BCUT2D eigenvalue weighted by Crippen LogP contribution is -2.30. The maximum Gasteiger partial charge on any atom is 0.263 e. The van der Waals surface area contributed by atoms with Gasteiger partial charge in [-0.2, -0.15) is 5.26 Å². The van der Waals surface area contributed by atoms with E-state index < -0.39 is 0 Å². The Balaban J connectivity index is 2.54. The standard InChI is InChI=1S/C11H16ClN3O/c12-4-5-14-11(16)10(8-13)9-15-6-2-1-3-7-15/h9H,1-7H2,(H,14,16)/b10-9-. The first-order chi connectivity index (χ1) is 7.77. The van der Waals surface area contributed by atoms with E-state index >= 15 is 0 Å². The van der Waals surface area contributed by atoms with Crippen molar-refractivity contribution in [1.82, 2.24) is 10.2 Å². The number of nitriles is 1. The first kappa shape index (κ1) is 12.9. The van der Waals surface area contributed by atoms with Gasteiger partial charge >= 0.3 is 0 Å². The highest BCUT2D eigenvalue weighted by Crippen LogP contribution is 2.10. The van der Waals surface area contributed by atoms with Crippen LogP contribution in [0.25, 0.3) is 0 Å². The van der Waals surface area contributed by atoms with Gasteiger partial charge in [0.1, 0.15) is 11.6 Å². The van der Waals surface area contributed by atoms with Crippen molar-refractivity contribution in [3.8, 4) is 6.07 Å². The van der Waals surface area contributed by atoms with Gasteiger partial charge in [-0.05, 0) is 19.3 Å². The fourth-order valence-corrected chi connectivity index (χ4v) is 1.72. The number of likely N-dealkylation sites (tertiary alicyclic amines) is 1. The van der Waals surface area contributed by atoms with Crippen LogP contribution in [0.15, 0.2) is 11.8 Å². The van der Waals surface area contributed by atoms with Crippen LogP contribution in [0.5, 0.6) is 0 Å². The van der Waals surface area contributed by atoms with Crippen molar-refractivity contribution in [3.63, 3.8) is 0 Å². The van der Waals surface area contributed by atoms with Crippen molar-refractivity contribution in [2.45, 2.75) is 19.3 Å². The van der Waals surface area contributed by atoms with Gasteiger partial charge in [-0.25, -0.2) is 0 Å². The van der Waals surface area contributed by atoms with Crippen LogP contribution in [-0.4, -0.2) is 36.3 Å². The molecule has 0 bridgehead atoms. The molecule has 0 aromatic rings. The summed E-state index contributed by atoms with van der Waals surface area (Å²) in [5, 5.41) is 11.5. The van der Waals surface area contributed by atoms with Gasteiger partial charge < -0.3 is 10.2 Å². The molecule has 0 unspecified atom stereocenters. The van der Waals surface area contributed by atoms with Gasteiger partial charge in [0, 0.05) is 31.7 Å². The van der Waals surface area contributed by atoms with Crippen LogP contribution in [0.3, 0.4) is 0 Å². The van der Waals surface area contributed by atoms with E-state index in [1.54, 1.807) is 6.20 Å². The fourth-order valence-electron chi connectivity index (χ4n) is 1.62. The number of piperidine rings is 1. The van der Waals surface area contributed by atoms with Crippen molar-refractivity contribution in [2.75, 3.05) is 25.5 Å². The van der Waals surface area contributed by atoms with E-state index in [4.69, 9.17) is 16.9 Å². The van der Waals surface area contributed by atoms with Gasteiger partial charge in [0.25, 0.3) is 5.91 Å². The normalized spacial score (nSPS) is 16.8. The van der Waals surface area contributed by atoms with E-state index in [1.165, 1.54) is 6.42 Å². The molecule has 1 aliphatic heterocycles. The summed E-state index contributed by atoms with van der Waals surface area (Å²) >= 11 is 5.46.